The third-order valence-corrected chi connectivity index (χ3v) is 2.35. The number of aliphatic carboxylic acids is 1. The van der Waals surface area contributed by atoms with Crippen molar-refractivity contribution in [2.24, 2.45) is 11.8 Å². The first kappa shape index (κ1) is 14.1. The van der Waals surface area contributed by atoms with Gasteiger partial charge >= 0.3 is 5.97 Å². The van der Waals surface area contributed by atoms with E-state index in [9.17, 15) is 9.59 Å². The van der Waals surface area contributed by atoms with Crippen molar-refractivity contribution in [3.8, 4) is 0 Å². The van der Waals surface area contributed by atoms with Crippen molar-refractivity contribution in [3.63, 3.8) is 0 Å². The molecule has 1 atom stereocenters. The lowest BCUT2D eigenvalue weighted by Crippen LogP contribution is -2.35. The highest BCUT2D eigenvalue weighted by Gasteiger charge is 2.19. The van der Waals surface area contributed by atoms with Gasteiger partial charge < -0.3 is 10.4 Å². The van der Waals surface area contributed by atoms with Gasteiger partial charge in [0, 0.05) is 6.54 Å². The molecule has 0 aliphatic carbocycles. The molecule has 0 saturated heterocycles. The molecule has 1 heterocycles. The van der Waals surface area contributed by atoms with E-state index < -0.39 is 11.9 Å². The van der Waals surface area contributed by atoms with Gasteiger partial charge in [0.2, 0.25) is 5.91 Å². The van der Waals surface area contributed by atoms with Crippen molar-refractivity contribution in [1.29, 1.82) is 0 Å². The summed E-state index contributed by atoms with van der Waals surface area (Å²) in [6.07, 6.45) is 1.85. The lowest BCUT2D eigenvalue weighted by atomic mass is 9.97. The van der Waals surface area contributed by atoms with Crippen LogP contribution in [0.15, 0.2) is 6.33 Å². The third-order valence-electron chi connectivity index (χ3n) is 2.35. The molecule has 1 rings (SSSR count). The second-order valence-corrected chi connectivity index (χ2v) is 4.48. The van der Waals surface area contributed by atoms with Crippen LogP contribution in [0.25, 0.3) is 0 Å². The molecule has 0 aromatic carbocycles. The molecule has 1 unspecified atom stereocenters. The van der Waals surface area contributed by atoms with Gasteiger partial charge in [-0.2, -0.15) is 0 Å². The molecule has 0 radical (unpaired) electrons. The van der Waals surface area contributed by atoms with Crippen LogP contribution in [-0.4, -0.2) is 43.7 Å². The molecule has 1 aromatic heterocycles. The summed E-state index contributed by atoms with van der Waals surface area (Å²) in [5.41, 5.74) is 0. The number of carbonyl (C=O) groups excluding carboxylic acids is 1. The van der Waals surface area contributed by atoms with Crippen molar-refractivity contribution in [3.05, 3.63) is 6.33 Å². The van der Waals surface area contributed by atoms with Crippen LogP contribution in [0.3, 0.4) is 0 Å². The zero-order valence-electron chi connectivity index (χ0n) is 10.4. The van der Waals surface area contributed by atoms with Gasteiger partial charge in [0.15, 0.2) is 0 Å². The molecule has 0 bridgehead atoms. The minimum absolute atomic E-state index is 0.0129. The van der Waals surface area contributed by atoms with Crippen molar-refractivity contribution in [2.75, 3.05) is 6.54 Å². The molecule has 0 saturated carbocycles. The van der Waals surface area contributed by atoms with E-state index in [-0.39, 0.29) is 24.9 Å². The molecule has 0 aliphatic heterocycles. The smallest absolute Gasteiger partial charge is 0.308 e. The van der Waals surface area contributed by atoms with E-state index in [1.807, 2.05) is 13.8 Å². The molecule has 18 heavy (non-hydrogen) atoms. The van der Waals surface area contributed by atoms with Gasteiger partial charge in [0.25, 0.3) is 0 Å². The predicted octanol–water partition coefficient (Wildman–Crippen LogP) is -0.464. The Hall–Kier alpha value is -1.99. The molecule has 0 aliphatic rings. The Balaban J connectivity index is 2.37. The molecule has 1 aromatic rings. The van der Waals surface area contributed by atoms with E-state index in [0.29, 0.717) is 6.42 Å². The minimum atomic E-state index is -0.897. The fraction of sp³-hybridized carbons (Fsp3) is 0.700. The van der Waals surface area contributed by atoms with E-state index in [2.05, 4.69) is 20.8 Å². The van der Waals surface area contributed by atoms with Gasteiger partial charge in [0.1, 0.15) is 12.9 Å². The van der Waals surface area contributed by atoms with Gasteiger partial charge in [-0.25, -0.2) is 4.68 Å². The lowest BCUT2D eigenvalue weighted by molar-refractivity contribution is -0.142. The average molecular weight is 255 g/mol. The molecule has 100 valence electrons. The SMILES string of the molecule is CC(C)CC(CNC(=O)Cn1cnnn1)C(=O)O. The number of amides is 1. The number of rotatable bonds is 7. The van der Waals surface area contributed by atoms with E-state index in [0.717, 1.165) is 0 Å². The van der Waals surface area contributed by atoms with Crippen LogP contribution >= 0.6 is 0 Å². The Morgan fingerprint density at radius 2 is 2.17 bits per heavy atom. The van der Waals surface area contributed by atoms with E-state index in [4.69, 9.17) is 5.11 Å². The highest BCUT2D eigenvalue weighted by atomic mass is 16.4. The van der Waals surface area contributed by atoms with Gasteiger partial charge in [-0.15, -0.1) is 5.10 Å². The average Bonchev–Trinajstić information content (AvgIpc) is 2.76. The van der Waals surface area contributed by atoms with E-state index in [1.165, 1.54) is 11.0 Å². The maximum absolute atomic E-state index is 11.5. The summed E-state index contributed by atoms with van der Waals surface area (Å²) >= 11 is 0. The Labute approximate surface area is 104 Å². The van der Waals surface area contributed by atoms with E-state index in [1.54, 1.807) is 0 Å². The maximum Gasteiger partial charge on any atom is 0.308 e. The summed E-state index contributed by atoms with van der Waals surface area (Å²) in [5, 5.41) is 21.9. The van der Waals surface area contributed by atoms with Gasteiger partial charge in [-0.05, 0) is 22.8 Å². The summed E-state index contributed by atoms with van der Waals surface area (Å²) in [5.74, 6) is -1.51. The first-order valence-corrected chi connectivity index (χ1v) is 5.69. The summed E-state index contributed by atoms with van der Waals surface area (Å²) in [4.78, 5) is 22.5. The van der Waals surface area contributed by atoms with Crippen LogP contribution in [-0.2, 0) is 16.1 Å². The molecule has 8 heteroatoms. The Morgan fingerprint density at radius 1 is 1.44 bits per heavy atom. The summed E-state index contributed by atoms with van der Waals surface area (Å²) in [6.45, 7) is 3.99. The highest BCUT2D eigenvalue weighted by Crippen LogP contribution is 2.10. The summed E-state index contributed by atoms with van der Waals surface area (Å²) in [6, 6.07) is 0. The number of aromatic nitrogens is 4. The second-order valence-electron chi connectivity index (χ2n) is 4.48. The lowest BCUT2D eigenvalue weighted by Gasteiger charge is -2.15. The quantitative estimate of drug-likeness (QED) is 0.682. The molecule has 1 amide bonds. The fourth-order valence-electron chi connectivity index (χ4n) is 1.53. The Morgan fingerprint density at radius 3 is 2.67 bits per heavy atom. The number of hydrogen-bond acceptors (Lipinski definition) is 5. The zero-order chi connectivity index (χ0) is 13.5. The first-order chi connectivity index (χ1) is 8.49. The fourth-order valence-corrected chi connectivity index (χ4v) is 1.53. The van der Waals surface area contributed by atoms with Crippen molar-refractivity contribution in [1.82, 2.24) is 25.5 Å². The van der Waals surface area contributed by atoms with Crippen LogP contribution in [0.1, 0.15) is 20.3 Å². The number of carboxylic acids is 1. The van der Waals surface area contributed by atoms with E-state index >= 15 is 0 Å². The monoisotopic (exact) mass is 255 g/mol. The maximum atomic E-state index is 11.5. The van der Waals surface area contributed by atoms with Gasteiger partial charge in [-0.1, -0.05) is 13.8 Å². The van der Waals surface area contributed by atoms with Gasteiger partial charge in [0.05, 0.1) is 5.92 Å². The normalized spacial score (nSPS) is 12.4. The summed E-state index contributed by atoms with van der Waals surface area (Å²) < 4.78 is 1.27. The molecule has 0 fully saturated rings. The number of nitrogens with one attached hydrogen (secondary N) is 1. The Bertz CT molecular complexity index is 390. The first-order valence-electron chi connectivity index (χ1n) is 5.69. The van der Waals surface area contributed by atoms with Crippen LogP contribution in [0.4, 0.5) is 0 Å². The third kappa shape index (κ3) is 4.89. The minimum Gasteiger partial charge on any atom is -0.481 e. The predicted molar refractivity (Wildman–Crippen MR) is 61.4 cm³/mol. The molecule has 8 nitrogen and oxygen atoms in total. The molecule has 0 spiro atoms. The standard InChI is InChI=1S/C10H17N5O3/c1-7(2)3-8(10(17)18)4-11-9(16)5-15-6-12-13-14-15/h6-8H,3-5H2,1-2H3,(H,11,16)(H,17,18). The van der Waals surface area contributed by atoms with Crippen LogP contribution < -0.4 is 5.32 Å². The molecular formula is C10H17N5O3. The second kappa shape index (κ2) is 6.67. The molecular weight excluding hydrogens is 238 g/mol. The largest absolute Gasteiger partial charge is 0.481 e. The number of nitrogens with zero attached hydrogens (tertiary/aromatic N) is 4. The molecule has 2 N–H and O–H groups in total. The van der Waals surface area contributed by atoms with Crippen molar-refractivity contribution in [2.45, 2.75) is 26.8 Å². The number of tetrazole rings is 1. The van der Waals surface area contributed by atoms with Gasteiger partial charge in [-0.3, -0.25) is 9.59 Å². The van der Waals surface area contributed by atoms with Crippen LogP contribution in [0, 0.1) is 11.8 Å². The number of hydrogen-bond donors (Lipinski definition) is 2. The topological polar surface area (TPSA) is 110 Å². The highest BCUT2D eigenvalue weighted by molar-refractivity contribution is 5.77. The van der Waals surface area contributed by atoms with Crippen LogP contribution in [0.2, 0.25) is 0 Å². The summed E-state index contributed by atoms with van der Waals surface area (Å²) in [7, 11) is 0. The number of carboxylic acid groups (broad SMARTS) is 1. The van der Waals surface area contributed by atoms with Crippen LogP contribution in [0.5, 0.6) is 0 Å². The zero-order valence-corrected chi connectivity index (χ0v) is 10.4. The number of carbonyl (C=O) groups is 2. The van der Waals surface area contributed by atoms with Crippen molar-refractivity contribution < 1.29 is 14.7 Å². The van der Waals surface area contributed by atoms with Crippen molar-refractivity contribution >= 4 is 11.9 Å². The Kier molecular flexibility index (Phi) is 5.22.